The fourth-order valence-electron chi connectivity index (χ4n) is 3.77. The minimum absolute atomic E-state index is 0.255. The second-order valence-electron chi connectivity index (χ2n) is 7.33. The molecule has 2 fully saturated rings. The molecular weight excluding hydrogens is 314 g/mol. The number of hydrogen-bond acceptors (Lipinski definition) is 3. The molecule has 1 unspecified atom stereocenters. The first kappa shape index (κ1) is 20.0. The van der Waals surface area contributed by atoms with E-state index in [1.165, 1.54) is 38.9 Å². The van der Waals surface area contributed by atoms with Gasteiger partial charge in [-0.15, -0.1) is 0 Å². The Bertz CT molecular complexity index is 432. The minimum atomic E-state index is 0.255. The summed E-state index contributed by atoms with van der Waals surface area (Å²) in [6.45, 7) is 13.4. The smallest absolute Gasteiger partial charge is 0.222 e. The van der Waals surface area contributed by atoms with Gasteiger partial charge in [-0.3, -0.25) is 9.79 Å². The summed E-state index contributed by atoms with van der Waals surface area (Å²) >= 11 is 0. The lowest BCUT2D eigenvalue weighted by atomic mass is 9.97. The van der Waals surface area contributed by atoms with Crippen molar-refractivity contribution in [1.82, 2.24) is 20.4 Å². The number of piperidine rings is 1. The summed E-state index contributed by atoms with van der Waals surface area (Å²) in [5.41, 5.74) is 0. The molecule has 0 aromatic heterocycles. The Morgan fingerprint density at radius 3 is 2.52 bits per heavy atom. The minimum Gasteiger partial charge on any atom is -0.357 e. The molecule has 1 atom stereocenters. The van der Waals surface area contributed by atoms with Crippen LogP contribution in [0, 0.1) is 5.92 Å². The number of amides is 1. The third-order valence-corrected chi connectivity index (χ3v) is 5.28. The van der Waals surface area contributed by atoms with Gasteiger partial charge in [0.05, 0.1) is 0 Å². The molecule has 2 N–H and O–H groups in total. The summed E-state index contributed by atoms with van der Waals surface area (Å²) in [6.07, 6.45) is 5.36. The van der Waals surface area contributed by atoms with Gasteiger partial charge in [-0.1, -0.05) is 13.8 Å². The van der Waals surface area contributed by atoms with Crippen molar-refractivity contribution in [3.8, 4) is 0 Å². The largest absolute Gasteiger partial charge is 0.357 e. The summed E-state index contributed by atoms with van der Waals surface area (Å²) in [5.74, 6) is 1.87. The van der Waals surface area contributed by atoms with Gasteiger partial charge in [0.15, 0.2) is 5.96 Å². The quantitative estimate of drug-likeness (QED) is 0.541. The highest BCUT2D eigenvalue weighted by atomic mass is 16.2. The van der Waals surface area contributed by atoms with Crippen LogP contribution in [0.3, 0.4) is 0 Å². The Hall–Kier alpha value is -1.30. The predicted octanol–water partition coefficient (Wildman–Crippen LogP) is 1.67. The monoisotopic (exact) mass is 351 g/mol. The van der Waals surface area contributed by atoms with Crippen LogP contribution in [0.15, 0.2) is 4.99 Å². The highest BCUT2D eigenvalue weighted by Gasteiger charge is 2.26. The van der Waals surface area contributed by atoms with Gasteiger partial charge in [0.2, 0.25) is 5.91 Å². The fraction of sp³-hybridized carbons (Fsp3) is 0.895. The molecule has 25 heavy (non-hydrogen) atoms. The molecule has 6 heteroatoms. The fourth-order valence-corrected chi connectivity index (χ4v) is 3.77. The maximum absolute atomic E-state index is 11.8. The molecule has 2 heterocycles. The highest BCUT2D eigenvalue weighted by Crippen LogP contribution is 2.17. The molecular formula is C19H37N5O. The van der Waals surface area contributed by atoms with Crippen LogP contribution in [0.2, 0.25) is 0 Å². The van der Waals surface area contributed by atoms with E-state index in [0.717, 1.165) is 38.6 Å². The Kier molecular flexibility index (Phi) is 8.52. The molecule has 0 bridgehead atoms. The summed E-state index contributed by atoms with van der Waals surface area (Å²) in [6, 6.07) is 0.319. The Balaban J connectivity index is 1.78. The van der Waals surface area contributed by atoms with Crippen LogP contribution in [-0.4, -0.2) is 73.5 Å². The van der Waals surface area contributed by atoms with Crippen LogP contribution in [0.25, 0.3) is 0 Å². The number of carbonyl (C=O) groups excluding carboxylic acids is 1. The van der Waals surface area contributed by atoms with E-state index in [1.807, 2.05) is 11.8 Å². The van der Waals surface area contributed by atoms with Gasteiger partial charge in [0.25, 0.3) is 0 Å². The predicted molar refractivity (Wildman–Crippen MR) is 104 cm³/mol. The summed E-state index contributed by atoms with van der Waals surface area (Å²) in [5, 5.41) is 6.89. The molecule has 0 saturated carbocycles. The molecule has 2 saturated heterocycles. The Morgan fingerprint density at radius 2 is 1.88 bits per heavy atom. The number of likely N-dealkylation sites (tertiary alicyclic amines) is 2. The van der Waals surface area contributed by atoms with Crippen LogP contribution in [0.4, 0.5) is 0 Å². The van der Waals surface area contributed by atoms with Crippen LogP contribution >= 0.6 is 0 Å². The van der Waals surface area contributed by atoms with Gasteiger partial charge in [-0.05, 0) is 58.2 Å². The van der Waals surface area contributed by atoms with E-state index >= 15 is 0 Å². The van der Waals surface area contributed by atoms with Crippen LogP contribution in [-0.2, 0) is 4.79 Å². The molecule has 2 rings (SSSR count). The molecule has 144 valence electrons. The van der Waals surface area contributed by atoms with Gasteiger partial charge < -0.3 is 20.4 Å². The summed E-state index contributed by atoms with van der Waals surface area (Å²) < 4.78 is 0. The molecule has 0 aromatic carbocycles. The molecule has 0 radical (unpaired) electrons. The van der Waals surface area contributed by atoms with E-state index in [0.29, 0.717) is 18.4 Å². The van der Waals surface area contributed by atoms with E-state index < -0.39 is 0 Å². The lowest BCUT2D eigenvalue weighted by Gasteiger charge is -2.31. The van der Waals surface area contributed by atoms with E-state index in [2.05, 4.69) is 29.4 Å². The van der Waals surface area contributed by atoms with E-state index in [1.54, 1.807) is 0 Å². The molecule has 6 nitrogen and oxygen atoms in total. The van der Waals surface area contributed by atoms with Crippen molar-refractivity contribution in [2.75, 3.05) is 45.8 Å². The second kappa shape index (κ2) is 10.6. The van der Waals surface area contributed by atoms with Crippen molar-refractivity contribution < 1.29 is 4.79 Å². The van der Waals surface area contributed by atoms with Gasteiger partial charge >= 0.3 is 0 Å². The SMILES string of the molecule is CCCN1CCC(CN=C(NCC)NC2CCN(C(=O)CC)C2)CC1. The zero-order valence-corrected chi connectivity index (χ0v) is 16.4. The van der Waals surface area contributed by atoms with Crippen molar-refractivity contribution in [2.45, 2.75) is 58.9 Å². The van der Waals surface area contributed by atoms with Crippen molar-refractivity contribution in [1.29, 1.82) is 0 Å². The van der Waals surface area contributed by atoms with Gasteiger partial charge in [0.1, 0.15) is 0 Å². The first-order valence-electron chi connectivity index (χ1n) is 10.2. The van der Waals surface area contributed by atoms with Crippen LogP contribution < -0.4 is 10.6 Å². The summed E-state index contributed by atoms with van der Waals surface area (Å²) in [7, 11) is 0. The van der Waals surface area contributed by atoms with E-state index in [-0.39, 0.29) is 5.91 Å². The lowest BCUT2D eigenvalue weighted by Crippen LogP contribution is -2.45. The standard InChI is InChI=1S/C19H37N5O/c1-4-10-23-11-7-16(8-12-23)14-21-19(20-6-3)22-17-9-13-24(15-17)18(25)5-2/h16-17H,4-15H2,1-3H3,(H2,20,21,22). The highest BCUT2D eigenvalue weighted by molar-refractivity contribution is 5.80. The Labute approximate surface area is 153 Å². The number of carbonyl (C=O) groups is 1. The molecule has 2 aliphatic rings. The second-order valence-corrected chi connectivity index (χ2v) is 7.33. The number of guanidine groups is 1. The first-order valence-corrected chi connectivity index (χ1v) is 10.2. The maximum atomic E-state index is 11.8. The zero-order valence-electron chi connectivity index (χ0n) is 16.4. The third-order valence-electron chi connectivity index (χ3n) is 5.28. The molecule has 0 spiro atoms. The third kappa shape index (κ3) is 6.49. The maximum Gasteiger partial charge on any atom is 0.222 e. The number of aliphatic imine (C=N–C) groups is 1. The van der Waals surface area contributed by atoms with Crippen LogP contribution in [0.1, 0.15) is 52.9 Å². The number of nitrogens with zero attached hydrogens (tertiary/aromatic N) is 3. The summed E-state index contributed by atoms with van der Waals surface area (Å²) in [4.78, 5) is 21.2. The molecule has 1 amide bonds. The van der Waals surface area contributed by atoms with Crippen molar-refractivity contribution in [2.24, 2.45) is 10.9 Å². The number of hydrogen-bond donors (Lipinski definition) is 2. The average Bonchev–Trinajstić information content (AvgIpc) is 3.09. The van der Waals surface area contributed by atoms with Crippen molar-refractivity contribution in [3.63, 3.8) is 0 Å². The van der Waals surface area contributed by atoms with E-state index in [4.69, 9.17) is 4.99 Å². The van der Waals surface area contributed by atoms with Gasteiger partial charge in [-0.2, -0.15) is 0 Å². The van der Waals surface area contributed by atoms with Gasteiger partial charge in [-0.25, -0.2) is 0 Å². The molecule has 2 aliphatic heterocycles. The van der Waals surface area contributed by atoms with E-state index in [9.17, 15) is 4.79 Å². The Morgan fingerprint density at radius 1 is 1.12 bits per heavy atom. The number of rotatable bonds is 7. The molecule has 0 aromatic rings. The van der Waals surface area contributed by atoms with Crippen LogP contribution in [0.5, 0.6) is 0 Å². The first-order chi connectivity index (χ1) is 12.2. The van der Waals surface area contributed by atoms with Crippen molar-refractivity contribution >= 4 is 11.9 Å². The zero-order chi connectivity index (χ0) is 18.1. The normalized spacial score (nSPS) is 23.1. The van der Waals surface area contributed by atoms with Gasteiger partial charge in [0, 0.05) is 38.6 Å². The lowest BCUT2D eigenvalue weighted by molar-refractivity contribution is -0.129. The van der Waals surface area contributed by atoms with Crippen molar-refractivity contribution in [3.05, 3.63) is 0 Å². The number of nitrogens with one attached hydrogen (secondary N) is 2. The molecule has 0 aliphatic carbocycles. The topological polar surface area (TPSA) is 60.0 Å². The average molecular weight is 352 g/mol.